The first-order chi connectivity index (χ1) is 17.9. The highest BCUT2D eigenvalue weighted by Gasteiger charge is 1.96. The standard InChI is InChI=1S/C30H61IO5/c1-2-3-4-5-6-7-8-9-10-11-12-13-15-18-21-32-23-25-34-27-29-36-30-28-35-26-24-33-22-19-16-14-17-20-31/h2-30H2,1H3. The van der Waals surface area contributed by atoms with Gasteiger partial charge in [0.2, 0.25) is 0 Å². The van der Waals surface area contributed by atoms with Crippen LogP contribution in [0.25, 0.3) is 0 Å². The summed E-state index contributed by atoms with van der Waals surface area (Å²) in [4.78, 5) is 0. The third kappa shape index (κ3) is 34.5. The Kier molecular flexibility index (Phi) is 36.1. The first-order valence-corrected chi connectivity index (χ1v) is 16.9. The SMILES string of the molecule is CCCCCCCCCCCCCCCCOCCOCCOCCOCCOCCCCCCI. The van der Waals surface area contributed by atoms with Crippen LogP contribution in [0.1, 0.15) is 122 Å². The number of halogens is 1. The van der Waals surface area contributed by atoms with Crippen molar-refractivity contribution in [2.24, 2.45) is 0 Å². The molecule has 0 bridgehead atoms. The second kappa shape index (κ2) is 35.5. The van der Waals surface area contributed by atoms with Crippen LogP contribution in [0.4, 0.5) is 0 Å². The Hall–Kier alpha value is 0.530. The van der Waals surface area contributed by atoms with Crippen LogP contribution in [0.15, 0.2) is 0 Å². The number of unbranched alkanes of at least 4 members (excludes halogenated alkanes) is 16. The molecule has 0 saturated heterocycles. The zero-order valence-corrected chi connectivity index (χ0v) is 26.1. The lowest BCUT2D eigenvalue weighted by Crippen LogP contribution is -2.13. The summed E-state index contributed by atoms with van der Waals surface area (Å²) in [5.41, 5.74) is 0. The fraction of sp³-hybridized carbons (Fsp3) is 1.00. The summed E-state index contributed by atoms with van der Waals surface area (Å²) >= 11 is 2.43. The summed E-state index contributed by atoms with van der Waals surface area (Å²) in [6, 6.07) is 0. The van der Waals surface area contributed by atoms with Gasteiger partial charge < -0.3 is 23.7 Å². The van der Waals surface area contributed by atoms with Gasteiger partial charge in [0, 0.05) is 13.2 Å². The van der Waals surface area contributed by atoms with E-state index in [1.54, 1.807) is 0 Å². The van der Waals surface area contributed by atoms with E-state index in [-0.39, 0.29) is 0 Å². The maximum atomic E-state index is 5.67. The van der Waals surface area contributed by atoms with Gasteiger partial charge in [0.25, 0.3) is 0 Å². The minimum absolute atomic E-state index is 0.606. The second-order valence-corrected chi connectivity index (χ2v) is 10.8. The maximum absolute atomic E-state index is 5.67. The van der Waals surface area contributed by atoms with E-state index in [2.05, 4.69) is 29.5 Å². The smallest absolute Gasteiger partial charge is 0.0701 e. The van der Waals surface area contributed by atoms with Crippen molar-refractivity contribution in [3.8, 4) is 0 Å². The van der Waals surface area contributed by atoms with E-state index >= 15 is 0 Å². The van der Waals surface area contributed by atoms with E-state index in [9.17, 15) is 0 Å². The molecule has 0 aliphatic heterocycles. The monoisotopic (exact) mass is 628 g/mol. The van der Waals surface area contributed by atoms with E-state index in [1.807, 2.05) is 0 Å². The Balaban J connectivity index is 3.00. The summed E-state index contributed by atoms with van der Waals surface area (Å²) < 4.78 is 29.1. The second-order valence-electron chi connectivity index (χ2n) is 9.76. The first-order valence-electron chi connectivity index (χ1n) is 15.4. The molecule has 0 aliphatic carbocycles. The molecule has 6 heteroatoms. The molecule has 36 heavy (non-hydrogen) atoms. The van der Waals surface area contributed by atoms with Gasteiger partial charge >= 0.3 is 0 Å². The van der Waals surface area contributed by atoms with Crippen molar-refractivity contribution in [2.45, 2.75) is 122 Å². The Morgan fingerprint density at radius 3 is 0.861 bits per heavy atom. The van der Waals surface area contributed by atoms with Crippen LogP contribution >= 0.6 is 22.6 Å². The van der Waals surface area contributed by atoms with Crippen molar-refractivity contribution in [2.75, 3.05) is 70.5 Å². The lowest BCUT2D eigenvalue weighted by Gasteiger charge is -2.08. The topological polar surface area (TPSA) is 46.2 Å². The zero-order chi connectivity index (χ0) is 26.0. The van der Waals surface area contributed by atoms with Crippen LogP contribution in [0.2, 0.25) is 0 Å². The Morgan fingerprint density at radius 2 is 0.556 bits per heavy atom. The molecule has 0 radical (unpaired) electrons. The van der Waals surface area contributed by atoms with Gasteiger partial charge in [-0.25, -0.2) is 0 Å². The molecule has 0 rings (SSSR count). The predicted molar refractivity (Wildman–Crippen MR) is 162 cm³/mol. The minimum atomic E-state index is 0.606. The van der Waals surface area contributed by atoms with Gasteiger partial charge in [-0.05, 0) is 23.7 Å². The molecule has 0 atom stereocenters. The Labute approximate surface area is 238 Å². The van der Waals surface area contributed by atoms with Crippen LogP contribution in [0.5, 0.6) is 0 Å². The van der Waals surface area contributed by atoms with Gasteiger partial charge in [-0.1, -0.05) is 126 Å². The molecular formula is C30H61IO5. The van der Waals surface area contributed by atoms with Crippen LogP contribution < -0.4 is 0 Å². The van der Waals surface area contributed by atoms with Crippen LogP contribution in [0.3, 0.4) is 0 Å². The highest BCUT2D eigenvalue weighted by molar-refractivity contribution is 14.1. The lowest BCUT2D eigenvalue weighted by molar-refractivity contribution is -0.0114. The maximum Gasteiger partial charge on any atom is 0.0701 e. The molecule has 218 valence electrons. The molecule has 0 aromatic heterocycles. The van der Waals surface area contributed by atoms with Gasteiger partial charge in [-0.2, -0.15) is 0 Å². The molecule has 0 amide bonds. The molecule has 0 heterocycles. The van der Waals surface area contributed by atoms with Gasteiger partial charge in [-0.15, -0.1) is 0 Å². The van der Waals surface area contributed by atoms with E-state index in [0.29, 0.717) is 52.9 Å². The molecule has 0 aromatic rings. The molecule has 0 aromatic carbocycles. The Morgan fingerprint density at radius 1 is 0.306 bits per heavy atom. The molecule has 0 aliphatic rings. The average molecular weight is 629 g/mol. The van der Waals surface area contributed by atoms with Gasteiger partial charge in [0.05, 0.1) is 52.9 Å². The van der Waals surface area contributed by atoms with Gasteiger partial charge in [0.15, 0.2) is 0 Å². The van der Waals surface area contributed by atoms with Crippen molar-refractivity contribution < 1.29 is 23.7 Å². The third-order valence-corrected chi connectivity index (χ3v) is 7.07. The van der Waals surface area contributed by atoms with Gasteiger partial charge in [-0.3, -0.25) is 0 Å². The summed E-state index contributed by atoms with van der Waals surface area (Å²) in [5.74, 6) is 0. The van der Waals surface area contributed by atoms with Crippen molar-refractivity contribution in [1.82, 2.24) is 0 Å². The number of hydrogen-bond acceptors (Lipinski definition) is 5. The number of rotatable bonds is 33. The average Bonchev–Trinajstić information content (AvgIpc) is 2.89. The van der Waals surface area contributed by atoms with Crippen LogP contribution in [-0.2, 0) is 23.7 Å². The lowest BCUT2D eigenvalue weighted by atomic mass is 10.0. The molecule has 0 saturated carbocycles. The molecule has 0 spiro atoms. The minimum Gasteiger partial charge on any atom is -0.379 e. The number of hydrogen-bond donors (Lipinski definition) is 0. The third-order valence-electron chi connectivity index (χ3n) is 6.30. The largest absolute Gasteiger partial charge is 0.379 e. The highest BCUT2D eigenvalue weighted by atomic mass is 127. The summed E-state index contributed by atoms with van der Waals surface area (Å²) in [5, 5.41) is 0. The fourth-order valence-electron chi connectivity index (χ4n) is 4.03. The Bertz CT molecular complexity index is 339. The molecule has 0 fully saturated rings. The van der Waals surface area contributed by atoms with E-state index in [1.165, 1.54) is 114 Å². The van der Waals surface area contributed by atoms with Crippen molar-refractivity contribution in [1.29, 1.82) is 0 Å². The normalized spacial score (nSPS) is 11.5. The highest BCUT2D eigenvalue weighted by Crippen LogP contribution is 2.13. The molecule has 0 N–H and O–H groups in total. The summed E-state index contributed by atoms with van der Waals surface area (Å²) in [7, 11) is 0. The first kappa shape index (κ1) is 36.5. The van der Waals surface area contributed by atoms with Crippen molar-refractivity contribution in [3.05, 3.63) is 0 Å². The van der Waals surface area contributed by atoms with Crippen molar-refractivity contribution >= 4 is 22.6 Å². The van der Waals surface area contributed by atoms with Crippen molar-refractivity contribution in [3.63, 3.8) is 0 Å². The number of alkyl halides is 1. The quantitative estimate of drug-likeness (QED) is 0.0414. The van der Waals surface area contributed by atoms with Gasteiger partial charge in [0.1, 0.15) is 0 Å². The summed E-state index contributed by atoms with van der Waals surface area (Å²) in [6.45, 7) is 9.08. The molecule has 5 nitrogen and oxygen atoms in total. The molecule has 0 unspecified atom stereocenters. The zero-order valence-electron chi connectivity index (χ0n) is 23.9. The van der Waals surface area contributed by atoms with Crippen LogP contribution in [-0.4, -0.2) is 70.5 Å². The van der Waals surface area contributed by atoms with E-state index in [4.69, 9.17) is 23.7 Å². The molecular weight excluding hydrogens is 567 g/mol. The summed E-state index contributed by atoms with van der Waals surface area (Å²) in [6.07, 6.45) is 24.5. The van der Waals surface area contributed by atoms with Crippen LogP contribution in [0, 0.1) is 0 Å². The van der Waals surface area contributed by atoms with E-state index < -0.39 is 0 Å². The predicted octanol–water partition coefficient (Wildman–Crippen LogP) is 8.55. The number of ether oxygens (including phenoxy) is 5. The van der Waals surface area contributed by atoms with E-state index in [0.717, 1.165) is 19.6 Å². The fourth-order valence-corrected chi connectivity index (χ4v) is 4.57.